The molecule has 2 N–H and O–H groups in total. The predicted molar refractivity (Wildman–Crippen MR) is 73.8 cm³/mol. The third-order valence-electron chi connectivity index (χ3n) is 2.61. The van der Waals surface area contributed by atoms with E-state index in [4.69, 9.17) is 0 Å². The zero-order valence-corrected chi connectivity index (χ0v) is 11.1. The number of aromatic amines is 1. The van der Waals surface area contributed by atoms with Crippen LogP contribution in [-0.2, 0) is 5.54 Å². The summed E-state index contributed by atoms with van der Waals surface area (Å²) in [5, 5.41) is 5.73. The first kappa shape index (κ1) is 13.1. The molecule has 6 heteroatoms. The minimum atomic E-state index is -0.577. The van der Waals surface area contributed by atoms with E-state index in [1.165, 1.54) is 10.9 Å². The van der Waals surface area contributed by atoms with Crippen LogP contribution >= 0.6 is 0 Å². The van der Waals surface area contributed by atoms with E-state index in [2.05, 4.69) is 15.4 Å². The van der Waals surface area contributed by atoms with Crippen LogP contribution in [0.4, 0.5) is 11.4 Å². The number of nitrogens with zero attached hydrogens (tertiary/aromatic N) is 2. The van der Waals surface area contributed by atoms with Gasteiger partial charge >= 0.3 is 5.56 Å². The predicted octanol–water partition coefficient (Wildman–Crippen LogP) is 1.43. The standard InChI is InChI=1S/C13H16N4O2/c1-13(2,3)17-12(19)11(18)10(8-15-17)16-9-4-6-14-7-5-9/h4-8,15H,1-3H3,(H,14,16). The lowest BCUT2D eigenvalue weighted by Crippen LogP contribution is -2.44. The van der Waals surface area contributed by atoms with Crippen molar-refractivity contribution in [3.05, 3.63) is 51.3 Å². The Morgan fingerprint density at radius 1 is 1.21 bits per heavy atom. The largest absolute Gasteiger partial charge is 0.351 e. The molecule has 0 aliphatic rings. The highest BCUT2D eigenvalue weighted by Crippen LogP contribution is 2.11. The van der Waals surface area contributed by atoms with Crippen molar-refractivity contribution >= 4 is 11.4 Å². The summed E-state index contributed by atoms with van der Waals surface area (Å²) in [6, 6.07) is 3.43. The molecule has 2 aromatic heterocycles. The third-order valence-corrected chi connectivity index (χ3v) is 2.61. The van der Waals surface area contributed by atoms with Crippen LogP contribution in [0.1, 0.15) is 20.8 Å². The van der Waals surface area contributed by atoms with E-state index in [9.17, 15) is 9.59 Å². The second-order valence-electron chi connectivity index (χ2n) is 5.19. The van der Waals surface area contributed by atoms with Gasteiger partial charge < -0.3 is 10.4 Å². The van der Waals surface area contributed by atoms with E-state index in [1.807, 2.05) is 20.8 Å². The lowest BCUT2D eigenvalue weighted by Gasteiger charge is -2.21. The third kappa shape index (κ3) is 2.73. The minimum Gasteiger partial charge on any atom is -0.351 e. The molecule has 0 unspecified atom stereocenters. The summed E-state index contributed by atoms with van der Waals surface area (Å²) in [4.78, 5) is 27.9. The number of rotatable bonds is 2. The molecule has 0 spiro atoms. The number of H-pyrrole nitrogens is 1. The molecule has 2 rings (SSSR count). The average Bonchev–Trinajstić information content (AvgIpc) is 2.35. The monoisotopic (exact) mass is 260 g/mol. The van der Waals surface area contributed by atoms with Crippen molar-refractivity contribution in [1.82, 2.24) is 14.8 Å². The molecule has 6 nitrogen and oxygen atoms in total. The van der Waals surface area contributed by atoms with Crippen LogP contribution in [0, 0.1) is 0 Å². The summed E-state index contributed by atoms with van der Waals surface area (Å²) < 4.78 is 1.31. The first-order chi connectivity index (χ1) is 8.89. The maximum absolute atomic E-state index is 12.0. The minimum absolute atomic E-state index is 0.219. The Balaban J connectivity index is 2.43. The van der Waals surface area contributed by atoms with Crippen molar-refractivity contribution < 1.29 is 0 Å². The van der Waals surface area contributed by atoms with Gasteiger partial charge in [0.1, 0.15) is 5.69 Å². The Kier molecular flexibility index (Phi) is 3.25. The summed E-state index contributed by atoms with van der Waals surface area (Å²) >= 11 is 0. The van der Waals surface area contributed by atoms with E-state index < -0.39 is 16.5 Å². The lowest BCUT2D eigenvalue weighted by molar-refractivity contribution is 0.336. The van der Waals surface area contributed by atoms with Crippen LogP contribution in [-0.4, -0.2) is 14.8 Å². The van der Waals surface area contributed by atoms with Gasteiger partial charge in [-0.3, -0.25) is 14.6 Å². The van der Waals surface area contributed by atoms with E-state index in [0.717, 1.165) is 0 Å². The first-order valence-electron chi connectivity index (χ1n) is 5.92. The van der Waals surface area contributed by atoms with Gasteiger partial charge in [0.15, 0.2) is 0 Å². The number of hydrogen-bond acceptors (Lipinski definition) is 4. The van der Waals surface area contributed by atoms with Gasteiger partial charge in [-0.15, -0.1) is 0 Å². The molecule has 0 atom stereocenters. The molecule has 0 saturated heterocycles. The van der Waals surface area contributed by atoms with Crippen LogP contribution in [0.5, 0.6) is 0 Å². The van der Waals surface area contributed by atoms with Crippen molar-refractivity contribution in [2.24, 2.45) is 0 Å². The highest BCUT2D eigenvalue weighted by molar-refractivity contribution is 5.57. The Morgan fingerprint density at radius 3 is 2.42 bits per heavy atom. The molecule has 0 aliphatic carbocycles. The summed E-state index contributed by atoms with van der Waals surface area (Å²) in [5.41, 5.74) is -0.687. The number of pyridine rings is 1. The van der Waals surface area contributed by atoms with Crippen LogP contribution in [0.25, 0.3) is 0 Å². The van der Waals surface area contributed by atoms with Crippen molar-refractivity contribution in [2.75, 3.05) is 5.32 Å². The van der Waals surface area contributed by atoms with Gasteiger partial charge in [-0.25, -0.2) is 4.68 Å². The molecule has 19 heavy (non-hydrogen) atoms. The zero-order chi connectivity index (χ0) is 14.0. The Bertz CT molecular complexity index is 680. The molecular weight excluding hydrogens is 244 g/mol. The van der Waals surface area contributed by atoms with Crippen LogP contribution in [0.15, 0.2) is 40.3 Å². The second-order valence-corrected chi connectivity index (χ2v) is 5.19. The maximum atomic E-state index is 12.0. The second kappa shape index (κ2) is 4.72. The normalized spacial score (nSPS) is 11.3. The first-order valence-corrected chi connectivity index (χ1v) is 5.92. The highest BCUT2D eigenvalue weighted by atomic mass is 16.2. The van der Waals surface area contributed by atoms with Crippen molar-refractivity contribution in [1.29, 1.82) is 0 Å². The molecule has 0 amide bonds. The molecular formula is C13H16N4O2. The SMILES string of the molecule is CC(C)(C)n1[nH]cc(Nc2ccncc2)c(=O)c1=O. The zero-order valence-electron chi connectivity index (χ0n) is 11.1. The molecule has 0 fully saturated rings. The van der Waals surface area contributed by atoms with Crippen molar-refractivity contribution in [3.63, 3.8) is 0 Å². The molecule has 0 radical (unpaired) electrons. The van der Waals surface area contributed by atoms with Crippen LogP contribution in [0.2, 0.25) is 0 Å². The van der Waals surface area contributed by atoms with E-state index in [0.29, 0.717) is 5.69 Å². The Morgan fingerprint density at radius 2 is 1.84 bits per heavy atom. The fourth-order valence-electron chi connectivity index (χ4n) is 1.65. The lowest BCUT2D eigenvalue weighted by atomic mass is 10.1. The summed E-state index contributed by atoms with van der Waals surface area (Å²) in [6.45, 7) is 5.54. The number of aromatic nitrogens is 3. The summed E-state index contributed by atoms with van der Waals surface area (Å²) in [5.74, 6) is 0. The molecule has 100 valence electrons. The summed E-state index contributed by atoms with van der Waals surface area (Å²) in [6.07, 6.45) is 4.70. The van der Waals surface area contributed by atoms with E-state index in [1.54, 1.807) is 24.5 Å². The van der Waals surface area contributed by atoms with E-state index in [-0.39, 0.29) is 5.69 Å². The highest BCUT2D eigenvalue weighted by Gasteiger charge is 2.17. The molecule has 2 heterocycles. The summed E-state index contributed by atoms with van der Waals surface area (Å²) in [7, 11) is 0. The van der Waals surface area contributed by atoms with Crippen LogP contribution < -0.4 is 16.3 Å². The molecule has 0 bridgehead atoms. The molecule has 0 aromatic carbocycles. The van der Waals surface area contributed by atoms with Gasteiger partial charge in [-0.1, -0.05) is 0 Å². The number of anilines is 2. The maximum Gasteiger partial charge on any atom is 0.315 e. The fraction of sp³-hybridized carbons (Fsp3) is 0.308. The Hall–Kier alpha value is -2.37. The fourth-order valence-corrected chi connectivity index (χ4v) is 1.65. The topological polar surface area (TPSA) is 79.8 Å². The van der Waals surface area contributed by atoms with Gasteiger partial charge in [-0.05, 0) is 32.9 Å². The number of nitrogens with one attached hydrogen (secondary N) is 2. The van der Waals surface area contributed by atoms with Gasteiger partial charge in [-0.2, -0.15) is 0 Å². The van der Waals surface area contributed by atoms with Crippen molar-refractivity contribution in [2.45, 2.75) is 26.3 Å². The van der Waals surface area contributed by atoms with Crippen LogP contribution in [0.3, 0.4) is 0 Å². The average molecular weight is 260 g/mol. The molecule has 0 saturated carbocycles. The van der Waals surface area contributed by atoms with Gasteiger partial charge in [0.05, 0.1) is 5.54 Å². The van der Waals surface area contributed by atoms with Gasteiger partial charge in [0.25, 0.3) is 5.43 Å². The van der Waals surface area contributed by atoms with Gasteiger partial charge in [0, 0.05) is 24.3 Å². The molecule has 0 aliphatic heterocycles. The van der Waals surface area contributed by atoms with E-state index >= 15 is 0 Å². The Labute approximate surface area is 110 Å². The van der Waals surface area contributed by atoms with Gasteiger partial charge in [0.2, 0.25) is 0 Å². The molecule has 2 aromatic rings. The quantitative estimate of drug-likeness (QED) is 0.800. The van der Waals surface area contributed by atoms with Crippen molar-refractivity contribution in [3.8, 4) is 0 Å². The smallest absolute Gasteiger partial charge is 0.315 e. The number of hydrogen-bond donors (Lipinski definition) is 2.